The van der Waals surface area contributed by atoms with Crippen LogP contribution in [0.2, 0.25) is 0 Å². The SMILES string of the molecule is CC1CN(c2cc(F)c(-c3ccc(N4CCCC4)nc3)cc2NC(=O)c2c[nH]c(=O)cc2C(F)(F)F)CC(C)N1C. The van der Waals surface area contributed by atoms with Gasteiger partial charge in [0.05, 0.1) is 22.5 Å². The van der Waals surface area contributed by atoms with Gasteiger partial charge in [-0.05, 0) is 58.0 Å². The molecule has 0 saturated carbocycles. The summed E-state index contributed by atoms with van der Waals surface area (Å²) in [6.45, 7) is 6.88. The molecule has 2 N–H and O–H groups in total. The van der Waals surface area contributed by atoms with E-state index in [1.807, 2.05) is 31.9 Å². The van der Waals surface area contributed by atoms with E-state index in [0.717, 1.165) is 37.9 Å². The fourth-order valence-electron chi connectivity index (χ4n) is 5.51. The molecule has 2 aliphatic heterocycles. The van der Waals surface area contributed by atoms with Gasteiger partial charge < -0.3 is 20.1 Å². The van der Waals surface area contributed by atoms with E-state index < -0.39 is 34.6 Å². The number of amides is 1. The minimum Gasteiger partial charge on any atom is -0.367 e. The number of anilines is 3. The average Bonchev–Trinajstić information content (AvgIpc) is 3.47. The van der Waals surface area contributed by atoms with E-state index >= 15 is 4.39 Å². The van der Waals surface area contributed by atoms with Gasteiger partial charge in [0.2, 0.25) is 5.56 Å². The molecular formula is C29H32F4N6O2. The van der Waals surface area contributed by atoms with Crippen molar-refractivity contribution in [3.8, 4) is 11.1 Å². The Kier molecular flexibility index (Phi) is 7.78. The van der Waals surface area contributed by atoms with E-state index in [4.69, 9.17) is 0 Å². The van der Waals surface area contributed by atoms with Crippen LogP contribution >= 0.6 is 0 Å². The number of piperazine rings is 1. The average molecular weight is 573 g/mol. The molecule has 1 aromatic carbocycles. The number of carbonyl (C=O) groups excluding carboxylic acids is 1. The maximum Gasteiger partial charge on any atom is 0.417 e. The Morgan fingerprint density at radius 3 is 2.34 bits per heavy atom. The first kappa shape index (κ1) is 28.6. The molecule has 0 aliphatic carbocycles. The molecular weight excluding hydrogens is 540 g/mol. The summed E-state index contributed by atoms with van der Waals surface area (Å²) in [5.41, 5.74) is -1.96. The molecule has 2 atom stereocenters. The summed E-state index contributed by atoms with van der Waals surface area (Å²) >= 11 is 0. The molecule has 0 bridgehead atoms. The summed E-state index contributed by atoms with van der Waals surface area (Å²) < 4.78 is 56.8. The maximum absolute atomic E-state index is 15.7. The molecule has 2 fully saturated rings. The predicted molar refractivity (Wildman–Crippen MR) is 150 cm³/mol. The lowest BCUT2D eigenvalue weighted by atomic mass is 10.0. The van der Waals surface area contributed by atoms with Crippen LogP contribution in [0.5, 0.6) is 0 Å². The number of hydrogen-bond donors (Lipinski definition) is 2. The van der Waals surface area contributed by atoms with Gasteiger partial charge in [-0.2, -0.15) is 13.2 Å². The summed E-state index contributed by atoms with van der Waals surface area (Å²) in [5, 5.41) is 2.58. The Bertz CT molecular complexity index is 1470. The molecule has 41 heavy (non-hydrogen) atoms. The molecule has 4 heterocycles. The lowest BCUT2D eigenvalue weighted by Gasteiger charge is -2.44. The molecule has 0 spiro atoms. The predicted octanol–water partition coefficient (Wildman–Crippen LogP) is 4.98. The zero-order valence-electron chi connectivity index (χ0n) is 23.1. The molecule has 218 valence electrons. The standard InChI is InChI=1S/C29H32F4N6O2/c1-17-15-39(16-18(2)37(17)3)25-12-23(30)20(19-6-7-26(34-13-19)38-8-4-5-9-38)10-24(25)36-28(41)21-14-35-27(40)11-22(21)29(31,32)33/h6-7,10-14,17-18H,4-5,8-9,15-16H2,1-3H3,(H,35,40)(H,36,41). The van der Waals surface area contributed by atoms with Gasteiger partial charge >= 0.3 is 6.18 Å². The van der Waals surface area contributed by atoms with Gasteiger partial charge in [0.25, 0.3) is 5.91 Å². The van der Waals surface area contributed by atoms with Gasteiger partial charge in [0.15, 0.2) is 0 Å². The molecule has 12 heteroatoms. The van der Waals surface area contributed by atoms with Crippen LogP contribution in [0, 0.1) is 5.82 Å². The van der Waals surface area contributed by atoms with Crippen molar-refractivity contribution in [3.63, 3.8) is 0 Å². The number of halogens is 4. The first-order valence-electron chi connectivity index (χ1n) is 13.6. The van der Waals surface area contributed by atoms with Crippen molar-refractivity contribution in [2.45, 2.75) is 44.9 Å². The van der Waals surface area contributed by atoms with Crippen molar-refractivity contribution < 1.29 is 22.4 Å². The van der Waals surface area contributed by atoms with Crippen LogP contribution in [0.1, 0.15) is 42.6 Å². The fourth-order valence-corrected chi connectivity index (χ4v) is 5.51. The lowest BCUT2D eigenvalue weighted by molar-refractivity contribution is -0.138. The van der Waals surface area contributed by atoms with E-state index in [9.17, 15) is 22.8 Å². The minimum absolute atomic E-state index is 0.100. The Morgan fingerprint density at radius 2 is 1.73 bits per heavy atom. The number of rotatable bonds is 5. The van der Waals surface area contributed by atoms with E-state index in [-0.39, 0.29) is 23.3 Å². The Morgan fingerprint density at radius 1 is 1.05 bits per heavy atom. The van der Waals surface area contributed by atoms with Gasteiger partial charge in [0.1, 0.15) is 11.6 Å². The number of carbonyl (C=O) groups is 1. The number of H-pyrrole nitrogens is 1. The summed E-state index contributed by atoms with van der Waals surface area (Å²) in [6.07, 6.45) is -0.468. The van der Waals surface area contributed by atoms with Crippen LogP contribution < -0.4 is 20.7 Å². The summed E-state index contributed by atoms with van der Waals surface area (Å²) in [7, 11) is 1.99. The highest BCUT2D eigenvalue weighted by Gasteiger charge is 2.36. The zero-order valence-corrected chi connectivity index (χ0v) is 23.1. The van der Waals surface area contributed by atoms with Crippen LogP contribution in [-0.4, -0.2) is 66.1 Å². The first-order chi connectivity index (χ1) is 19.4. The smallest absolute Gasteiger partial charge is 0.367 e. The number of likely N-dealkylation sites (N-methyl/N-ethyl adjacent to an activating group) is 1. The topological polar surface area (TPSA) is 84.6 Å². The Hall–Kier alpha value is -3.93. The normalized spacial score (nSPS) is 20.0. The van der Waals surface area contributed by atoms with E-state index in [1.165, 1.54) is 12.1 Å². The van der Waals surface area contributed by atoms with E-state index in [1.54, 1.807) is 12.3 Å². The quantitative estimate of drug-likeness (QED) is 0.420. The van der Waals surface area contributed by atoms with E-state index in [0.29, 0.717) is 30.4 Å². The monoisotopic (exact) mass is 572 g/mol. The molecule has 0 radical (unpaired) electrons. The highest BCUT2D eigenvalue weighted by molar-refractivity contribution is 6.07. The molecule has 2 aromatic heterocycles. The second-order valence-corrected chi connectivity index (χ2v) is 10.8. The third-order valence-electron chi connectivity index (χ3n) is 8.00. The van der Waals surface area contributed by atoms with Crippen molar-refractivity contribution in [3.05, 3.63) is 70.0 Å². The third-order valence-corrected chi connectivity index (χ3v) is 8.00. The fraction of sp³-hybridized carbons (Fsp3) is 0.414. The van der Waals surface area contributed by atoms with Gasteiger partial charge in [-0.15, -0.1) is 0 Å². The first-order valence-corrected chi connectivity index (χ1v) is 13.6. The van der Waals surface area contributed by atoms with Crippen LogP contribution in [0.25, 0.3) is 11.1 Å². The van der Waals surface area contributed by atoms with E-state index in [2.05, 4.69) is 25.1 Å². The minimum atomic E-state index is -4.93. The number of aromatic amines is 1. The van der Waals surface area contributed by atoms with Crippen molar-refractivity contribution in [2.24, 2.45) is 0 Å². The number of pyridine rings is 2. The molecule has 5 rings (SSSR count). The second-order valence-electron chi connectivity index (χ2n) is 10.8. The van der Waals surface area contributed by atoms with Crippen LogP contribution in [0.3, 0.4) is 0 Å². The molecule has 2 saturated heterocycles. The molecule has 8 nitrogen and oxygen atoms in total. The molecule has 1 amide bonds. The number of alkyl halides is 3. The van der Waals surface area contributed by atoms with Crippen LogP contribution in [0.4, 0.5) is 34.8 Å². The summed E-state index contributed by atoms with van der Waals surface area (Å²) in [4.78, 5) is 37.8. The number of benzene rings is 1. The molecule has 3 aromatic rings. The maximum atomic E-state index is 15.7. The van der Waals surface area contributed by atoms with Crippen molar-refractivity contribution in [1.29, 1.82) is 0 Å². The Labute approximate surface area is 235 Å². The number of nitrogens with one attached hydrogen (secondary N) is 2. The van der Waals surface area contributed by atoms with Gasteiger partial charge in [-0.1, -0.05) is 0 Å². The molecule has 2 unspecified atom stereocenters. The largest absolute Gasteiger partial charge is 0.417 e. The van der Waals surface area contributed by atoms with Gasteiger partial charge in [0, 0.05) is 67.8 Å². The van der Waals surface area contributed by atoms with Gasteiger partial charge in [-0.25, -0.2) is 9.37 Å². The Balaban J connectivity index is 1.55. The highest BCUT2D eigenvalue weighted by Crippen LogP contribution is 2.37. The lowest BCUT2D eigenvalue weighted by Crippen LogP contribution is -2.55. The third kappa shape index (κ3) is 5.92. The molecule has 2 aliphatic rings. The zero-order chi connectivity index (χ0) is 29.5. The van der Waals surface area contributed by atoms with Crippen molar-refractivity contribution in [1.82, 2.24) is 14.9 Å². The second kappa shape index (κ2) is 11.2. The summed E-state index contributed by atoms with van der Waals surface area (Å²) in [6, 6.07) is 6.85. The van der Waals surface area contributed by atoms with Crippen LogP contribution in [0.15, 0.2) is 47.5 Å². The van der Waals surface area contributed by atoms with Crippen LogP contribution in [-0.2, 0) is 6.18 Å². The van der Waals surface area contributed by atoms with Gasteiger partial charge in [-0.3, -0.25) is 14.5 Å². The number of aromatic nitrogens is 2. The number of hydrogen-bond acceptors (Lipinski definition) is 6. The van der Waals surface area contributed by atoms with Crippen molar-refractivity contribution >= 4 is 23.1 Å². The van der Waals surface area contributed by atoms with Crippen molar-refractivity contribution in [2.75, 3.05) is 48.3 Å². The highest BCUT2D eigenvalue weighted by atomic mass is 19.4. The summed E-state index contributed by atoms with van der Waals surface area (Å²) in [5.74, 6) is -0.840. The number of nitrogens with zero attached hydrogens (tertiary/aromatic N) is 4.